The summed E-state index contributed by atoms with van der Waals surface area (Å²) in [6, 6.07) is 4.82. The minimum absolute atomic E-state index is 0.159. The Bertz CT molecular complexity index is 678. The number of aromatic nitrogens is 1. The van der Waals surface area contributed by atoms with Gasteiger partial charge in [0.05, 0.1) is 0 Å². The van der Waals surface area contributed by atoms with Gasteiger partial charge in [0, 0.05) is 42.0 Å². The highest BCUT2D eigenvalue weighted by molar-refractivity contribution is 7.99. The van der Waals surface area contributed by atoms with Crippen LogP contribution in [0.5, 0.6) is 0 Å². The van der Waals surface area contributed by atoms with Crippen LogP contribution in [0.25, 0.3) is 10.9 Å². The highest BCUT2D eigenvalue weighted by Crippen LogP contribution is 2.20. The van der Waals surface area contributed by atoms with Crippen molar-refractivity contribution in [3.63, 3.8) is 0 Å². The molecule has 0 aliphatic heterocycles. The number of hydrogen-bond donors (Lipinski definition) is 3. The van der Waals surface area contributed by atoms with Crippen LogP contribution in [0, 0.1) is 5.82 Å². The summed E-state index contributed by atoms with van der Waals surface area (Å²) in [5.41, 5.74) is 2.07. The van der Waals surface area contributed by atoms with Gasteiger partial charge in [-0.05, 0) is 50.3 Å². The highest BCUT2D eigenvalue weighted by atomic mass is 32.2. The smallest absolute Gasteiger partial charge is 0.191 e. The first kappa shape index (κ1) is 17.7. The van der Waals surface area contributed by atoms with Gasteiger partial charge >= 0.3 is 0 Å². The minimum atomic E-state index is -0.205. The Kier molecular flexibility index (Phi) is 5.93. The minimum Gasteiger partial charge on any atom is -0.361 e. The third kappa shape index (κ3) is 4.89. The van der Waals surface area contributed by atoms with Crippen LogP contribution in [0.2, 0.25) is 0 Å². The summed E-state index contributed by atoms with van der Waals surface area (Å²) in [5.74, 6) is 0.584. The van der Waals surface area contributed by atoms with E-state index in [0.29, 0.717) is 0 Å². The van der Waals surface area contributed by atoms with E-state index in [4.69, 9.17) is 0 Å². The second kappa shape index (κ2) is 7.73. The monoisotopic (exact) mass is 336 g/mol. The van der Waals surface area contributed by atoms with Gasteiger partial charge in [-0.2, -0.15) is 11.8 Å². The van der Waals surface area contributed by atoms with Crippen LogP contribution >= 0.6 is 11.8 Å². The molecule has 0 amide bonds. The third-order valence-electron chi connectivity index (χ3n) is 3.87. The number of H-pyrrole nitrogens is 1. The number of thioether (sulfide) groups is 1. The molecule has 0 unspecified atom stereocenters. The molecule has 1 aromatic heterocycles. The SMILES string of the molecule is CN=C(NCCc1c[nH]c2ccc(F)cc12)NCC(C)(C)SC. The quantitative estimate of drug-likeness (QED) is 0.561. The maximum absolute atomic E-state index is 13.4. The molecular formula is C17H25FN4S. The van der Waals surface area contributed by atoms with E-state index in [1.54, 1.807) is 19.2 Å². The number of rotatable bonds is 6. The number of nitrogens with zero attached hydrogens (tertiary/aromatic N) is 1. The normalized spacial score (nSPS) is 12.7. The Hall–Kier alpha value is -1.69. The zero-order valence-electron chi connectivity index (χ0n) is 14.2. The van der Waals surface area contributed by atoms with E-state index in [1.165, 1.54) is 6.07 Å². The Labute approximate surface area is 141 Å². The van der Waals surface area contributed by atoms with Crippen molar-refractivity contribution in [3.8, 4) is 0 Å². The zero-order valence-corrected chi connectivity index (χ0v) is 15.0. The number of hydrogen-bond acceptors (Lipinski definition) is 2. The summed E-state index contributed by atoms with van der Waals surface area (Å²) >= 11 is 1.82. The molecule has 3 N–H and O–H groups in total. The topological polar surface area (TPSA) is 52.2 Å². The molecule has 0 saturated carbocycles. The van der Waals surface area contributed by atoms with E-state index < -0.39 is 0 Å². The van der Waals surface area contributed by atoms with Gasteiger partial charge in [-0.25, -0.2) is 4.39 Å². The zero-order chi connectivity index (χ0) is 16.9. The van der Waals surface area contributed by atoms with Gasteiger partial charge in [-0.1, -0.05) is 0 Å². The van der Waals surface area contributed by atoms with Crippen molar-refractivity contribution in [2.75, 3.05) is 26.4 Å². The molecule has 0 aliphatic carbocycles. The number of aromatic amines is 1. The predicted molar refractivity (Wildman–Crippen MR) is 98.9 cm³/mol. The van der Waals surface area contributed by atoms with E-state index >= 15 is 0 Å². The van der Waals surface area contributed by atoms with Crippen molar-refractivity contribution >= 4 is 28.6 Å². The van der Waals surface area contributed by atoms with Crippen molar-refractivity contribution < 1.29 is 4.39 Å². The summed E-state index contributed by atoms with van der Waals surface area (Å²) in [5, 5.41) is 7.59. The Morgan fingerprint density at radius 3 is 2.83 bits per heavy atom. The molecule has 0 radical (unpaired) electrons. The predicted octanol–water partition coefficient (Wildman–Crippen LogP) is 3.16. The molecule has 0 atom stereocenters. The molecule has 4 nitrogen and oxygen atoms in total. The number of benzene rings is 1. The lowest BCUT2D eigenvalue weighted by Gasteiger charge is -2.23. The van der Waals surface area contributed by atoms with Crippen molar-refractivity contribution in [1.29, 1.82) is 0 Å². The number of fused-ring (bicyclic) bond motifs is 1. The van der Waals surface area contributed by atoms with E-state index in [-0.39, 0.29) is 10.6 Å². The molecule has 0 aliphatic rings. The van der Waals surface area contributed by atoms with Crippen LogP contribution < -0.4 is 10.6 Å². The first-order valence-corrected chi connectivity index (χ1v) is 8.93. The average molecular weight is 336 g/mol. The highest BCUT2D eigenvalue weighted by Gasteiger charge is 2.16. The van der Waals surface area contributed by atoms with E-state index in [1.807, 2.05) is 18.0 Å². The third-order valence-corrected chi connectivity index (χ3v) is 5.12. The molecule has 0 bridgehead atoms. The van der Waals surface area contributed by atoms with E-state index in [9.17, 15) is 4.39 Å². The van der Waals surface area contributed by atoms with Crippen molar-refractivity contribution in [2.24, 2.45) is 4.99 Å². The van der Waals surface area contributed by atoms with Crippen LogP contribution in [0.1, 0.15) is 19.4 Å². The molecule has 126 valence electrons. The Morgan fingerprint density at radius 2 is 2.13 bits per heavy atom. The van der Waals surface area contributed by atoms with Gasteiger partial charge in [-0.15, -0.1) is 0 Å². The summed E-state index contributed by atoms with van der Waals surface area (Å²) in [4.78, 5) is 7.42. The fourth-order valence-corrected chi connectivity index (χ4v) is 2.48. The fraction of sp³-hybridized carbons (Fsp3) is 0.471. The van der Waals surface area contributed by atoms with Crippen molar-refractivity contribution in [1.82, 2.24) is 15.6 Å². The number of guanidine groups is 1. The van der Waals surface area contributed by atoms with Gasteiger partial charge in [-0.3, -0.25) is 4.99 Å². The average Bonchev–Trinajstić information content (AvgIpc) is 2.93. The van der Waals surface area contributed by atoms with Crippen LogP contribution in [0.4, 0.5) is 4.39 Å². The maximum Gasteiger partial charge on any atom is 0.191 e. The van der Waals surface area contributed by atoms with Gasteiger partial charge in [0.15, 0.2) is 5.96 Å². The van der Waals surface area contributed by atoms with Gasteiger partial charge in [0.1, 0.15) is 5.82 Å². The summed E-state index contributed by atoms with van der Waals surface area (Å²) in [6.07, 6.45) is 4.85. The summed E-state index contributed by atoms with van der Waals surface area (Å²) in [6.45, 7) is 5.96. The lowest BCUT2D eigenvalue weighted by molar-refractivity contribution is 0.629. The summed E-state index contributed by atoms with van der Waals surface area (Å²) < 4.78 is 13.5. The Morgan fingerprint density at radius 1 is 1.35 bits per heavy atom. The lowest BCUT2D eigenvalue weighted by Crippen LogP contribution is -2.43. The van der Waals surface area contributed by atoms with Crippen LogP contribution in [0.15, 0.2) is 29.4 Å². The number of aliphatic imine (C=N–C) groups is 1. The fourth-order valence-electron chi connectivity index (χ4n) is 2.26. The molecule has 23 heavy (non-hydrogen) atoms. The first-order valence-electron chi connectivity index (χ1n) is 7.70. The van der Waals surface area contributed by atoms with Crippen molar-refractivity contribution in [3.05, 3.63) is 35.8 Å². The van der Waals surface area contributed by atoms with E-state index in [2.05, 4.69) is 40.7 Å². The molecule has 2 rings (SSSR count). The molecule has 0 fully saturated rings. The number of nitrogens with one attached hydrogen (secondary N) is 3. The Balaban J connectivity index is 1.89. The molecular weight excluding hydrogens is 311 g/mol. The van der Waals surface area contributed by atoms with Gasteiger partial charge in [0.25, 0.3) is 0 Å². The molecule has 2 aromatic rings. The van der Waals surface area contributed by atoms with E-state index in [0.717, 1.165) is 41.9 Å². The van der Waals surface area contributed by atoms with Crippen LogP contribution in [-0.2, 0) is 6.42 Å². The second-order valence-electron chi connectivity index (χ2n) is 6.07. The molecule has 0 saturated heterocycles. The van der Waals surface area contributed by atoms with Crippen LogP contribution in [-0.4, -0.2) is 42.1 Å². The van der Waals surface area contributed by atoms with Crippen LogP contribution in [0.3, 0.4) is 0 Å². The standard InChI is InChI=1S/C17H25FN4S/c1-17(2,23-4)11-22-16(19-3)20-8-7-12-10-21-15-6-5-13(18)9-14(12)15/h5-6,9-10,21H,7-8,11H2,1-4H3,(H2,19,20,22). The lowest BCUT2D eigenvalue weighted by atomic mass is 10.1. The molecule has 0 spiro atoms. The summed E-state index contributed by atoms with van der Waals surface area (Å²) in [7, 11) is 1.77. The molecule has 1 heterocycles. The number of halogens is 1. The maximum atomic E-state index is 13.4. The molecule has 1 aromatic carbocycles. The van der Waals surface area contributed by atoms with Crippen molar-refractivity contribution in [2.45, 2.75) is 25.0 Å². The molecule has 6 heteroatoms. The van der Waals surface area contributed by atoms with Gasteiger partial charge in [0.2, 0.25) is 0 Å². The van der Waals surface area contributed by atoms with Gasteiger partial charge < -0.3 is 15.6 Å². The second-order valence-corrected chi connectivity index (χ2v) is 7.58. The largest absolute Gasteiger partial charge is 0.361 e. The first-order chi connectivity index (χ1) is 10.9.